The van der Waals surface area contributed by atoms with Gasteiger partial charge < -0.3 is 9.84 Å². The molecule has 1 atom stereocenters. The molecule has 0 aliphatic rings. The lowest BCUT2D eigenvalue weighted by molar-refractivity contribution is -0.0201. The molecule has 2 nitrogen and oxygen atoms in total. The molecule has 0 saturated carbocycles. The second-order valence-corrected chi connectivity index (χ2v) is 4.75. The summed E-state index contributed by atoms with van der Waals surface area (Å²) >= 11 is 0. The van der Waals surface area contributed by atoms with Crippen LogP contribution in [-0.2, 0) is 4.74 Å². The highest BCUT2D eigenvalue weighted by Gasteiger charge is 2.22. The van der Waals surface area contributed by atoms with Gasteiger partial charge in [0.05, 0.1) is 11.7 Å². The molecule has 0 aromatic heterocycles. The van der Waals surface area contributed by atoms with Gasteiger partial charge in [-0.1, -0.05) is 6.07 Å². The second-order valence-electron chi connectivity index (χ2n) is 4.75. The molecule has 0 aliphatic carbocycles. The van der Waals surface area contributed by atoms with Crippen molar-refractivity contribution in [2.45, 2.75) is 38.9 Å². The lowest BCUT2D eigenvalue weighted by atomic mass is 9.95. The van der Waals surface area contributed by atoms with Crippen LogP contribution in [0.15, 0.2) is 18.2 Å². The number of halogens is 1. The predicted octanol–water partition coefficient (Wildman–Crippen LogP) is 2.98. The molecule has 0 radical (unpaired) electrons. The lowest BCUT2D eigenvalue weighted by Crippen LogP contribution is -2.25. The van der Waals surface area contributed by atoms with Crippen LogP contribution in [0, 0.1) is 12.7 Å². The molecule has 1 rings (SSSR count). The fraction of sp³-hybridized carbons (Fsp3) is 0.538. The minimum absolute atomic E-state index is 0.315. The van der Waals surface area contributed by atoms with Crippen molar-refractivity contribution in [3.63, 3.8) is 0 Å². The van der Waals surface area contributed by atoms with Crippen molar-refractivity contribution < 1.29 is 14.2 Å². The van der Waals surface area contributed by atoms with E-state index in [0.717, 1.165) is 5.56 Å². The van der Waals surface area contributed by atoms with Gasteiger partial charge in [0.1, 0.15) is 5.82 Å². The molecule has 16 heavy (non-hydrogen) atoms. The Morgan fingerprint density at radius 2 is 2.00 bits per heavy atom. The third kappa shape index (κ3) is 3.58. The number of aryl methyl sites for hydroxylation is 1. The molecule has 90 valence electrons. The fourth-order valence-electron chi connectivity index (χ4n) is 1.62. The summed E-state index contributed by atoms with van der Waals surface area (Å²) in [6.07, 6.45) is -0.267. The van der Waals surface area contributed by atoms with Crippen molar-refractivity contribution >= 4 is 0 Å². The van der Waals surface area contributed by atoms with E-state index in [1.54, 1.807) is 20.1 Å². The first-order chi connectivity index (χ1) is 7.34. The molecule has 0 bridgehead atoms. The highest BCUT2D eigenvalue weighted by Crippen LogP contribution is 2.26. The zero-order valence-corrected chi connectivity index (χ0v) is 10.2. The number of benzene rings is 1. The normalized spacial score (nSPS) is 13.9. The Balaban J connectivity index is 2.84. The molecular formula is C13H19FO2. The van der Waals surface area contributed by atoms with Gasteiger partial charge >= 0.3 is 0 Å². The van der Waals surface area contributed by atoms with Crippen molar-refractivity contribution in [1.29, 1.82) is 0 Å². The Labute approximate surface area is 96.1 Å². The van der Waals surface area contributed by atoms with E-state index < -0.39 is 11.7 Å². The van der Waals surface area contributed by atoms with E-state index >= 15 is 0 Å². The Bertz CT molecular complexity index is 341. The van der Waals surface area contributed by atoms with Crippen molar-refractivity contribution in [3.8, 4) is 0 Å². The molecule has 1 unspecified atom stereocenters. The zero-order valence-electron chi connectivity index (χ0n) is 10.2. The maximum atomic E-state index is 13.2. The van der Waals surface area contributed by atoms with Gasteiger partial charge in [-0.15, -0.1) is 0 Å². The summed E-state index contributed by atoms with van der Waals surface area (Å²) in [5.41, 5.74) is 0.992. The summed E-state index contributed by atoms with van der Waals surface area (Å²) in [5, 5.41) is 9.99. The molecule has 0 fully saturated rings. The standard InChI is InChI=1S/C13H19FO2/c1-9-5-10(7-11(14)6-9)12(15)8-13(2,3)16-4/h5-7,12,15H,8H2,1-4H3. The number of ether oxygens (including phenoxy) is 1. The van der Waals surface area contributed by atoms with Crippen LogP contribution in [0.3, 0.4) is 0 Å². The van der Waals surface area contributed by atoms with E-state index in [2.05, 4.69) is 0 Å². The number of hydrogen-bond acceptors (Lipinski definition) is 2. The average molecular weight is 226 g/mol. The van der Waals surface area contributed by atoms with Gasteiger partial charge in [0.15, 0.2) is 0 Å². The lowest BCUT2D eigenvalue weighted by Gasteiger charge is -2.26. The van der Waals surface area contributed by atoms with E-state index in [9.17, 15) is 9.50 Å². The summed E-state index contributed by atoms with van der Waals surface area (Å²) < 4.78 is 18.4. The summed E-state index contributed by atoms with van der Waals surface area (Å²) in [4.78, 5) is 0. The average Bonchev–Trinajstić information content (AvgIpc) is 2.15. The molecule has 0 heterocycles. The van der Waals surface area contributed by atoms with Gasteiger partial charge in [-0.05, 0) is 44.0 Å². The van der Waals surface area contributed by atoms with Crippen LogP contribution >= 0.6 is 0 Å². The van der Waals surface area contributed by atoms with Crippen LogP contribution in [-0.4, -0.2) is 17.8 Å². The van der Waals surface area contributed by atoms with Gasteiger partial charge in [0.25, 0.3) is 0 Å². The SMILES string of the molecule is COC(C)(C)CC(O)c1cc(C)cc(F)c1. The topological polar surface area (TPSA) is 29.5 Å². The Morgan fingerprint density at radius 1 is 1.38 bits per heavy atom. The molecule has 0 aliphatic heterocycles. The Kier molecular flexibility index (Phi) is 4.05. The largest absolute Gasteiger partial charge is 0.388 e. The number of hydrogen-bond donors (Lipinski definition) is 1. The molecular weight excluding hydrogens is 207 g/mol. The van der Waals surface area contributed by atoms with Crippen LogP contribution in [0.4, 0.5) is 4.39 Å². The number of methoxy groups -OCH3 is 1. The third-order valence-corrected chi connectivity index (χ3v) is 2.69. The van der Waals surface area contributed by atoms with Gasteiger partial charge in [-0.3, -0.25) is 0 Å². The zero-order chi connectivity index (χ0) is 12.3. The smallest absolute Gasteiger partial charge is 0.123 e. The van der Waals surface area contributed by atoms with Crippen LogP contribution in [0.25, 0.3) is 0 Å². The summed E-state index contributed by atoms with van der Waals surface area (Å²) in [6.45, 7) is 5.59. The highest BCUT2D eigenvalue weighted by atomic mass is 19.1. The Hall–Kier alpha value is -0.930. The molecule has 0 saturated heterocycles. The van der Waals surface area contributed by atoms with Crippen molar-refractivity contribution in [2.75, 3.05) is 7.11 Å². The predicted molar refractivity (Wildman–Crippen MR) is 61.8 cm³/mol. The summed E-state index contributed by atoms with van der Waals surface area (Å²) in [5.74, 6) is -0.315. The van der Waals surface area contributed by atoms with Crippen molar-refractivity contribution in [3.05, 3.63) is 35.1 Å². The van der Waals surface area contributed by atoms with E-state index in [1.807, 2.05) is 13.8 Å². The van der Waals surface area contributed by atoms with Gasteiger partial charge in [0, 0.05) is 13.5 Å². The number of aliphatic hydroxyl groups is 1. The van der Waals surface area contributed by atoms with Crippen LogP contribution in [0.1, 0.15) is 37.5 Å². The van der Waals surface area contributed by atoms with E-state index in [4.69, 9.17) is 4.74 Å². The highest BCUT2D eigenvalue weighted by molar-refractivity contribution is 5.25. The minimum Gasteiger partial charge on any atom is -0.388 e. The Morgan fingerprint density at radius 3 is 2.50 bits per heavy atom. The van der Waals surface area contributed by atoms with E-state index in [1.165, 1.54) is 12.1 Å². The maximum Gasteiger partial charge on any atom is 0.123 e. The second kappa shape index (κ2) is 4.93. The molecule has 3 heteroatoms. The summed E-state index contributed by atoms with van der Waals surface area (Å²) in [6, 6.07) is 4.60. The quantitative estimate of drug-likeness (QED) is 0.855. The van der Waals surface area contributed by atoms with Crippen LogP contribution in [0.5, 0.6) is 0 Å². The van der Waals surface area contributed by atoms with Crippen molar-refractivity contribution in [2.24, 2.45) is 0 Å². The monoisotopic (exact) mass is 226 g/mol. The van der Waals surface area contributed by atoms with Gasteiger partial charge in [-0.25, -0.2) is 4.39 Å². The van der Waals surface area contributed by atoms with Gasteiger partial charge in [0.2, 0.25) is 0 Å². The first kappa shape index (κ1) is 13.1. The molecule has 0 spiro atoms. The van der Waals surface area contributed by atoms with Crippen LogP contribution in [0.2, 0.25) is 0 Å². The molecule has 1 aromatic rings. The first-order valence-electron chi connectivity index (χ1n) is 5.34. The molecule has 0 amide bonds. The maximum absolute atomic E-state index is 13.2. The first-order valence-corrected chi connectivity index (χ1v) is 5.34. The number of rotatable bonds is 4. The van der Waals surface area contributed by atoms with E-state index in [0.29, 0.717) is 12.0 Å². The minimum atomic E-state index is -0.704. The van der Waals surface area contributed by atoms with Crippen LogP contribution < -0.4 is 0 Å². The van der Waals surface area contributed by atoms with E-state index in [-0.39, 0.29) is 5.82 Å². The molecule has 1 N–H and O–H groups in total. The number of aliphatic hydroxyl groups excluding tert-OH is 1. The summed E-state index contributed by atoms with van der Waals surface area (Å²) in [7, 11) is 1.60. The van der Waals surface area contributed by atoms with Gasteiger partial charge in [-0.2, -0.15) is 0 Å². The third-order valence-electron chi connectivity index (χ3n) is 2.69. The van der Waals surface area contributed by atoms with Crippen molar-refractivity contribution in [1.82, 2.24) is 0 Å². The fourth-order valence-corrected chi connectivity index (χ4v) is 1.62. The molecule has 1 aromatic carbocycles.